The molecule has 3 heterocycles. The summed E-state index contributed by atoms with van der Waals surface area (Å²) in [5, 5.41) is 39.0. The number of hydrogen-bond acceptors (Lipinski definition) is 10. The fourth-order valence-corrected chi connectivity index (χ4v) is 15.4. The van der Waals surface area contributed by atoms with Gasteiger partial charge in [0.15, 0.2) is 0 Å². The highest BCUT2D eigenvalue weighted by atomic mass is 16.7. The predicted molar refractivity (Wildman–Crippen MR) is 338 cm³/mol. The monoisotopic (exact) mass is 1180 g/mol. The number of nitriles is 2. The maximum Gasteiger partial charge on any atom is 0.482 e. The van der Waals surface area contributed by atoms with Crippen LogP contribution in [0.3, 0.4) is 0 Å². The lowest BCUT2D eigenvalue weighted by molar-refractivity contribution is -0.199. The van der Waals surface area contributed by atoms with Crippen molar-refractivity contribution in [3.63, 3.8) is 0 Å². The Morgan fingerprint density at radius 2 is 1.07 bits per heavy atom. The number of hydrogen-bond donors (Lipinski definition) is 5. The molecule has 0 unspecified atom stereocenters. The quantitative estimate of drug-likeness (QED) is 0.0679. The molecule has 16 nitrogen and oxygen atoms in total. The first-order valence-corrected chi connectivity index (χ1v) is 31.7. The highest BCUT2D eigenvalue weighted by Gasteiger charge is 2.70. The molecule has 18 heteroatoms. The SMILES string of the molecule is C.CC(C)(C)C=C(C#N)C(=O)N1CCCC[C@H]1CNC(=O)N[C@@H](Cc1ccccc1)B1O[C@@H]2C[C@@H]3C[C@@H](C3(C)C)[C@]2(C)O1.CC(C)(C)C=C(C#N)C(=O)O.CC1(C)[C@@H]2C[C@H]3OB([C@H](Cc4ccccc4)NC(=O)NCC4CCCCC4)O[C@@]3(C)[C@H]1C2. The van der Waals surface area contributed by atoms with Crippen molar-refractivity contribution in [2.75, 3.05) is 19.6 Å². The van der Waals surface area contributed by atoms with E-state index in [-0.39, 0.29) is 94.1 Å². The van der Waals surface area contributed by atoms with Crippen LogP contribution in [0, 0.1) is 73.9 Å². The van der Waals surface area contributed by atoms with Gasteiger partial charge in [-0.25, -0.2) is 14.4 Å². The van der Waals surface area contributed by atoms with Crippen molar-refractivity contribution in [3.8, 4) is 12.1 Å². The molecule has 0 spiro atoms. The van der Waals surface area contributed by atoms with Gasteiger partial charge in [0.2, 0.25) is 0 Å². The average Bonchev–Trinajstić information content (AvgIpc) is 1.37. The third kappa shape index (κ3) is 16.0. The number of urea groups is 2. The van der Waals surface area contributed by atoms with E-state index in [1.54, 1.807) is 17.0 Å². The third-order valence-electron chi connectivity index (χ3n) is 20.3. The van der Waals surface area contributed by atoms with Crippen LogP contribution in [0.4, 0.5) is 9.59 Å². The summed E-state index contributed by atoms with van der Waals surface area (Å²) in [6.07, 6.45) is 18.0. The number of carbonyl (C=O) groups excluding carboxylic acids is 3. The molecule has 7 aliphatic carbocycles. The number of aliphatic carboxylic acids is 1. The Morgan fingerprint density at radius 3 is 1.48 bits per heavy atom. The van der Waals surface area contributed by atoms with Crippen LogP contribution in [-0.4, -0.2) is 109 Å². The number of allylic oxidation sites excluding steroid dienone is 2. The second-order valence-electron chi connectivity index (χ2n) is 29.5. The molecular formula is C68H101B2N7O9. The Morgan fingerprint density at radius 1 is 0.640 bits per heavy atom. The predicted octanol–water partition coefficient (Wildman–Crippen LogP) is 12.0. The van der Waals surface area contributed by atoms with Crippen molar-refractivity contribution in [1.29, 1.82) is 10.5 Å². The standard InChI is InChI=1S/C33H47BN4O4.C26H39BN2O3.C8H11NO2.CH4/c1-31(2,3)19-23(20-35)29(39)38-15-11-10-14-25(38)21-36-30(40)37-28(16-22-12-8-7-9-13-22)34-41-27-18-24-17-26(32(24,4)5)33(27,6)42-34;1-25(2)20-15-21(25)26(3)22(16-20)31-27(32-26)23(14-18-10-6-4-7-11-18)29-24(30)28-17-19-12-8-5-9-13-19;1-8(2,3)4-6(5-9)7(10)11;/h7-9,12-13,19,24-28H,10-11,14-18,21H2,1-6H3,(H2,36,37,40);4,6-7,10-11,19-23H,5,8-9,12-17H2,1-3H3,(H2,28,29,30);4H,1-3H3,(H,10,11);1H4/t24-,25-,26-,27+,28-,33-;20-,21-,22+,23-,26-;;/m00../s1. The van der Waals surface area contributed by atoms with Crippen LogP contribution in [0.15, 0.2) is 84.0 Å². The van der Waals surface area contributed by atoms with Crippen LogP contribution in [0.5, 0.6) is 0 Å². The summed E-state index contributed by atoms with van der Waals surface area (Å²) in [4.78, 5) is 51.6. The first-order valence-electron chi connectivity index (χ1n) is 31.7. The normalized spacial score (nSPS) is 29.5. The zero-order valence-electron chi connectivity index (χ0n) is 52.9. The summed E-state index contributed by atoms with van der Waals surface area (Å²) in [7, 11) is -0.963. The second kappa shape index (κ2) is 27.8. The lowest BCUT2D eigenvalue weighted by Gasteiger charge is -2.64. The van der Waals surface area contributed by atoms with Crippen molar-refractivity contribution in [2.45, 2.75) is 222 Å². The molecule has 11 atom stereocenters. The lowest BCUT2D eigenvalue weighted by atomic mass is 9.43. The Bertz CT molecular complexity index is 2820. The summed E-state index contributed by atoms with van der Waals surface area (Å²) in [6.45, 7) is 27.0. The van der Waals surface area contributed by atoms with E-state index in [4.69, 9.17) is 29.0 Å². The average molecular weight is 1180 g/mol. The highest BCUT2D eigenvalue weighted by molar-refractivity contribution is 6.48. The van der Waals surface area contributed by atoms with Gasteiger partial charge >= 0.3 is 32.3 Å². The molecule has 3 aliphatic heterocycles. The number of rotatable bonds is 14. The van der Waals surface area contributed by atoms with Gasteiger partial charge in [0.1, 0.15) is 23.3 Å². The van der Waals surface area contributed by atoms with E-state index in [2.05, 4.69) is 93.1 Å². The summed E-state index contributed by atoms with van der Waals surface area (Å²) in [5.74, 6) is 0.905. The molecule has 4 bridgehead atoms. The molecule has 5 N–H and O–H groups in total. The largest absolute Gasteiger partial charge is 0.482 e. The fourth-order valence-electron chi connectivity index (χ4n) is 15.4. The van der Waals surface area contributed by atoms with E-state index in [9.17, 15) is 24.4 Å². The number of carbonyl (C=O) groups is 4. The minimum atomic E-state index is -1.16. The minimum Gasteiger partial charge on any atom is -0.477 e. The van der Waals surface area contributed by atoms with E-state index >= 15 is 0 Å². The number of nitrogens with zero attached hydrogens (tertiary/aromatic N) is 3. The minimum absolute atomic E-state index is 0. The molecule has 12 rings (SSSR count). The number of likely N-dealkylation sites (tertiary alicyclic amines) is 1. The maximum atomic E-state index is 13.4. The maximum absolute atomic E-state index is 13.4. The van der Waals surface area contributed by atoms with Crippen molar-refractivity contribution in [2.24, 2.45) is 51.2 Å². The van der Waals surface area contributed by atoms with Crippen LogP contribution in [0.1, 0.15) is 179 Å². The van der Waals surface area contributed by atoms with Crippen LogP contribution in [-0.2, 0) is 41.0 Å². The Labute approximate surface area is 515 Å². The van der Waals surface area contributed by atoms with Crippen LogP contribution >= 0.6 is 0 Å². The van der Waals surface area contributed by atoms with Gasteiger partial charge in [-0.2, -0.15) is 10.5 Å². The number of nitrogens with one attached hydrogen (secondary N) is 4. The molecule has 2 aromatic rings. The first-order chi connectivity index (χ1) is 40.0. The second-order valence-corrected chi connectivity index (χ2v) is 29.5. The number of benzene rings is 2. The smallest absolute Gasteiger partial charge is 0.477 e. The Hall–Kier alpha value is -5.65. The van der Waals surface area contributed by atoms with Gasteiger partial charge in [0, 0.05) is 25.7 Å². The van der Waals surface area contributed by atoms with E-state index < -0.39 is 20.2 Å². The van der Waals surface area contributed by atoms with Gasteiger partial charge in [0.25, 0.3) is 5.91 Å². The molecule has 86 heavy (non-hydrogen) atoms. The molecular weight excluding hydrogens is 1080 g/mol. The molecule has 7 saturated carbocycles. The Kier molecular flexibility index (Phi) is 21.9. The lowest BCUT2D eigenvalue weighted by Crippen LogP contribution is -2.65. The Balaban J connectivity index is 0.000000212. The van der Waals surface area contributed by atoms with Gasteiger partial charge in [-0.15, -0.1) is 0 Å². The molecule has 468 valence electrons. The molecule has 3 saturated heterocycles. The summed E-state index contributed by atoms with van der Waals surface area (Å²) < 4.78 is 26.5. The van der Waals surface area contributed by atoms with Crippen LogP contribution < -0.4 is 21.3 Å². The zero-order valence-corrected chi connectivity index (χ0v) is 52.9. The summed E-state index contributed by atoms with van der Waals surface area (Å²) in [6, 6.07) is 23.6. The van der Waals surface area contributed by atoms with Crippen molar-refractivity contribution in [1.82, 2.24) is 26.2 Å². The van der Waals surface area contributed by atoms with Crippen LogP contribution in [0.25, 0.3) is 0 Å². The number of carboxylic acid groups (broad SMARTS) is 1. The molecule has 0 aromatic heterocycles. The van der Waals surface area contributed by atoms with Gasteiger partial charge in [-0.05, 0) is 147 Å². The van der Waals surface area contributed by atoms with Gasteiger partial charge in [-0.1, -0.05) is 169 Å². The zero-order chi connectivity index (χ0) is 61.7. The number of amides is 5. The van der Waals surface area contributed by atoms with Crippen molar-refractivity contribution < 1.29 is 42.9 Å². The topological polar surface area (TPSA) is 224 Å². The fraction of sp³-hybridized carbons (Fsp3) is 0.676. The van der Waals surface area contributed by atoms with E-state index in [1.807, 2.05) is 77.9 Å². The van der Waals surface area contributed by atoms with E-state index in [0.29, 0.717) is 60.9 Å². The summed E-state index contributed by atoms with van der Waals surface area (Å²) in [5.41, 5.74) is 1.61. The number of carboxylic acids is 1. The third-order valence-corrected chi connectivity index (χ3v) is 20.3. The molecule has 10 aliphatic rings. The first kappa shape index (κ1) is 67.9. The molecule has 2 aromatic carbocycles. The molecule has 5 amide bonds. The number of piperidine rings is 1. The van der Waals surface area contributed by atoms with Crippen LogP contribution in [0.2, 0.25) is 0 Å². The molecule has 10 fully saturated rings. The van der Waals surface area contributed by atoms with Crippen molar-refractivity contribution in [3.05, 3.63) is 95.1 Å². The van der Waals surface area contributed by atoms with Gasteiger partial charge < -0.3 is 49.9 Å². The van der Waals surface area contributed by atoms with Crippen molar-refractivity contribution >= 4 is 38.2 Å². The summed E-state index contributed by atoms with van der Waals surface area (Å²) >= 11 is 0. The van der Waals surface area contributed by atoms with Gasteiger partial charge in [0.05, 0.1) is 35.3 Å². The van der Waals surface area contributed by atoms with Gasteiger partial charge in [-0.3, -0.25) is 4.79 Å². The molecule has 0 radical (unpaired) electrons. The highest BCUT2D eigenvalue weighted by Crippen LogP contribution is 2.67. The van der Waals surface area contributed by atoms with E-state index in [0.717, 1.165) is 44.2 Å². The van der Waals surface area contributed by atoms with E-state index in [1.165, 1.54) is 56.6 Å².